The van der Waals surface area contributed by atoms with Crippen molar-refractivity contribution in [2.75, 3.05) is 19.7 Å². The molecular formula is C15H15FN2O2. The van der Waals surface area contributed by atoms with Crippen molar-refractivity contribution in [2.45, 2.75) is 13.3 Å². The number of benzene rings is 1. The van der Waals surface area contributed by atoms with E-state index in [4.69, 9.17) is 10.4 Å². The largest absolute Gasteiger partial charge is 0.384 e. The molecule has 1 N–H and O–H groups in total. The van der Waals surface area contributed by atoms with Crippen LogP contribution >= 0.6 is 0 Å². The zero-order valence-electron chi connectivity index (χ0n) is 11.2. The number of hydrogen-bond donors (Lipinski definition) is 1. The van der Waals surface area contributed by atoms with Crippen molar-refractivity contribution >= 4 is 5.91 Å². The lowest BCUT2D eigenvalue weighted by Gasteiger charge is -2.20. The van der Waals surface area contributed by atoms with Gasteiger partial charge in [-0.2, -0.15) is 5.26 Å². The van der Waals surface area contributed by atoms with Gasteiger partial charge < -0.3 is 10.0 Å². The van der Waals surface area contributed by atoms with Crippen molar-refractivity contribution in [2.24, 2.45) is 0 Å². The first kappa shape index (κ1) is 15.7. The Morgan fingerprint density at radius 3 is 2.85 bits per heavy atom. The van der Waals surface area contributed by atoms with Crippen LogP contribution in [-0.2, 0) is 0 Å². The third-order valence-corrected chi connectivity index (χ3v) is 2.68. The third kappa shape index (κ3) is 4.08. The maximum atomic E-state index is 13.3. The molecule has 0 aliphatic carbocycles. The van der Waals surface area contributed by atoms with E-state index in [1.54, 1.807) is 6.92 Å². The van der Waals surface area contributed by atoms with Crippen molar-refractivity contribution in [1.82, 2.24) is 4.90 Å². The van der Waals surface area contributed by atoms with E-state index in [1.807, 2.05) is 6.07 Å². The second-order valence-corrected chi connectivity index (χ2v) is 3.94. The van der Waals surface area contributed by atoms with E-state index in [1.165, 1.54) is 17.0 Å². The Hall–Kier alpha value is -2.37. The molecule has 0 saturated heterocycles. The molecule has 4 nitrogen and oxygen atoms in total. The molecule has 0 aliphatic rings. The number of amides is 1. The molecule has 0 spiro atoms. The summed E-state index contributed by atoms with van der Waals surface area (Å²) in [6.07, 6.45) is 0.215. The van der Waals surface area contributed by atoms with Crippen molar-refractivity contribution in [3.05, 3.63) is 35.1 Å². The molecule has 0 saturated carbocycles. The molecule has 104 valence electrons. The van der Waals surface area contributed by atoms with Gasteiger partial charge in [0.05, 0.1) is 18.1 Å². The van der Waals surface area contributed by atoms with Gasteiger partial charge in [-0.3, -0.25) is 4.79 Å². The van der Waals surface area contributed by atoms with Gasteiger partial charge in [0.2, 0.25) is 0 Å². The second kappa shape index (κ2) is 7.93. The number of nitrogens with zero attached hydrogens (tertiary/aromatic N) is 2. The van der Waals surface area contributed by atoms with E-state index in [0.29, 0.717) is 12.1 Å². The summed E-state index contributed by atoms with van der Waals surface area (Å²) in [5.74, 6) is 4.17. The van der Waals surface area contributed by atoms with Crippen LogP contribution < -0.4 is 0 Å². The van der Waals surface area contributed by atoms with E-state index < -0.39 is 5.82 Å². The molecule has 0 fully saturated rings. The molecule has 20 heavy (non-hydrogen) atoms. The standard InChI is InChI=1S/C15H15FN2O2/c1-2-18(9-4-8-17)15(20)14-11-13(16)7-6-12(14)5-3-10-19/h6-7,11,19H,2,4,9-10H2,1H3. The van der Waals surface area contributed by atoms with Crippen molar-refractivity contribution in [1.29, 1.82) is 5.26 Å². The number of aliphatic hydroxyl groups is 1. The molecule has 1 aromatic rings. The van der Waals surface area contributed by atoms with Crippen LogP contribution in [0, 0.1) is 29.0 Å². The third-order valence-electron chi connectivity index (χ3n) is 2.68. The van der Waals surface area contributed by atoms with Crippen LogP contribution in [-0.4, -0.2) is 35.6 Å². The van der Waals surface area contributed by atoms with Gasteiger partial charge >= 0.3 is 0 Å². The minimum atomic E-state index is -0.528. The van der Waals surface area contributed by atoms with Gasteiger partial charge in [-0.25, -0.2) is 4.39 Å². The lowest BCUT2D eigenvalue weighted by molar-refractivity contribution is 0.0767. The molecule has 0 radical (unpaired) electrons. The molecule has 5 heteroatoms. The highest BCUT2D eigenvalue weighted by Gasteiger charge is 2.17. The van der Waals surface area contributed by atoms with Crippen molar-refractivity contribution in [3.63, 3.8) is 0 Å². The summed E-state index contributed by atoms with van der Waals surface area (Å²) in [5.41, 5.74) is 0.506. The van der Waals surface area contributed by atoms with Crippen molar-refractivity contribution < 1.29 is 14.3 Å². The Balaban J connectivity index is 3.12. The Bertz CT molecular complexity index is 582. The van der Waals surface area contributed by atoms with Gasteiger partial charge in [0.1, 0.15) is 12.4 Å². The smallest absolute Gasteiger partial charge is 0.255 e. The monoisotopic (exact) mass is 274 g/mol. The summed E-state index contributed by atoms with van der Waals surface area (Å²) in [6.45, 7) is 2.16. The predicted octanol–water partition coefficient (Wildman–Crippen LogP) is 1.55. The van der Waals surface area contributed by atoms with Gasteiger partial charge in [-0.15, -0.1) is 0 Å². The molecule has 1 aromatic carbocycles. The van der Waals surface area contributed by atoms with Gasteiger partial charge in [-0.1, -0.05) is 11.8 Å². The normalized spacial score (nSPS) is 9.30. The maximum absolute atomic E-state index is 13.3. The highest BCUT2D eigenvalue weighted by molar-refractivity contribution is 5.96. The Labute approximate surface area is 117 Å². The predicted molar refractivity (Wildman–Crippen MR) is 72.2 cm³/mol. The molecule has 1 amide bonds. The molecule has 0 aliphatic heterocycles. The van der Waals surface area contributed by atoms with Crippen LogP contribution in [0.3, 0.4) is 0 Å². The fraction of sp³-hybridized carbons (Fsp3) is 0.333. The summed E-state index contributed by atoms with van der Waals surface area (Å²) >= 11 is 0. The topological polar surface area (TPSA) is 64.3 Å². The van der Waals surface area contributed by atoms with Crippen LogP contribution in [0.15, 0.2) is 18.2 Å². The van der Waals surface area contributed by atoms with Gasteiger partial charge in [-0.05, 0) is 25.1 Å². The maximum Gasteiger partial charge on any atom is 0.255 e. The van der Waals surface area contributed by atoms with E-state index in [0.717, 1.165) is 6.07 Å². The minimum Gasteiger partial charge on any atom is -0.384 e. The van der Waals surface area contributed by atoms with Gasteiger partial charge in [0.25, 0.3) is 5.91 Å². The first-order chi connectivity index (χ1) is 9.63. The summed E-state index contributed by atoms with van der Waals surface area (Å²) < 4.78 is 13.3. The highest BCUT2D eigenvalue weighted by Crippen LogP contribution is 2.13. The van der Waals surface area contributed by atoms with E-state index in [2.05, 4.69) is 11.8 Å². The van der Waals surface area contributed by atoms with E-state index >= 15 is 0 Å². The van der Waals surface area contributed by atoms with E-state index in [-0.39, 0.29) is 31.0 Å². The average molecular weight is 274 g/mol. The van der Waals surface area contributed by atoms with Crippen LogP contribution in [0.1, 0.15) is 29.3 Å². The molecule has 0 heterocycles. The molecule has 0 unspecified atom stereocenters. The molecule has 0 aromatic heterocycles. The number of aliphatic hydroxyl groups excluding tert-OH is 1. The van der Waals surface area contributed by atoms with Crippen LogP contribution in [0.2, 0.25) is 0 Å². The summed E-state index contributed by atoms with van der Waals surface area (Å²) in [5, 5.41) is 17.3. The fourth-order valence-electron chi connectivity index (χ4n) is 1.70. The first-order valence-electron chi connectivity index (χ1n) is 6.19. The Morgan fingerprint density at radius 1 is 1.50 bits per heavy atom. The SMILES string of the molecule is CCN(CCC#N)C(=O)c1cc(F)ccc1C#CCO. The summed E-state index contributed by atoms with van der Waals surface area (Å²) in [7, 11) is 0. The van der Waals surface area contributed by atoms with Gasteiger partial charge in [0.15, 0.2) is 0 Å². The zero-order valence-corrected chi connectivity index (χ0v) is 11.2. The summed E-state index contributed by atoms with van der Waals surface area (Å²) in [4.78, 5) is 13.8. The number of halogens is 1. The van der Waals surface area contributed by atoms with Crippen LogP contribution in [0.4, 0.5) is 4.39 Å². The first-order valence-corrected chi connectivity index (χ1v) is 6.19. The number of rotatable bonds is 4. The minimum absolute atomic E-state index is 0.144. The Morgan fingerprint density at radius 2 is 2.25 bits per heavy atom. The van der Waals surface area contributed by atoms with Crippen LogP contribution in [0.5, 0.6) is 0 Å². The average Bonchev–Trinajstić information content (AvgIpc) is 2.46. The van der Waals surface area contributed by atoms with E-state index in [9.17, 15) is 9.18 Å². The number of carbonyl (C=O) groups is 1. The number of hydrogen-bond acceptors (Lipinski definition) is 3. The molecule has 0 atom stereocenters. The lowest BCUT2D eigenvalue weighted by Crippen LogP contribution is -2.32. The quantitative estimate of drug-likeness (QED) is 0.847. The lowest BCUT2D eigenvalue weighted by atomic mass is 10.1. The highest BCUT2D eigenvalue weighted by atomic mass is 19.1. The fourth-order valence-corrected chi connectivity index (χ4v) is 1.70. The van der Waals surface area contributed by atoms with Crippen LogP contribution in [0.25, 0.3) is 0 Å². The Kier molecular flexibility index (Phi) is 6.22. The van der Waals surface area contributed by atoms with Crippen molar-refractivity contribution in [3.8, 4) is 17.9 Å². The molecular weight excluding hydrogens is 259 g/mol. The number of carbonyl (C=O) groups excluding carboxylic acids is 1. The second-order valence-electron chi connectivity index (χ2n) is 3.94. The summed E-state index contributed by atoms with van der Waals surface area (Å²) in [6, 6.07) is 5.71. The zero-order chi connectivity index (χ0) is 15.0. The van der Waals surface area contributed by atoms with Gasteiger partial charge in [0, 0.05) is 18.7 Å². The molecule has 0 bridgehead atoms. The number of nitriles is 1. The molecule has 1 rings (SSSR count).